The maximum atomic E-state index is 14.0. The Bertz CT molecular complexity index is 1060. The lowest BCUT2D eigenvalue weighted by Gasteiger charge is -2.42. The van der Waals surface area contributed by atoms with Gasteiger partial charge in [0.15, 0.2) is 11.5 Å². The zero-order chi connectivity index (χ0) is 24.4. The maximum absolute atomic E-state index is 14.0. The molecule has 0 bridgehead atoms. The second kappa shape index (κ2) is 10.0. The number of piperidine rings is 1. The zero-order valence-electron chi connectivity index (χ0n) is 19.9. The molecule has 4 rings (SSSR count). The number of rotatable bonds is 6. The van der Waals surface area contributed by atoms with Crippen LogP contribution in [0.5, 0.6) is 11.5 Å². The summed E-state index contributed by atoms with van der Waals surface area (Å²) in [6, 6.07) is 6.86. The van der Waals surface area contributed by atoms with E-state index in [0.29, 0.717) is 55.2 Å². The summed E-state index contributed by atoms with van der Waals surface area (Å²) in [5, 5.41) is 1.95. The maximum Gasteiger partial charge on any atom is 0.309 e. The first-order chi connectivity index (χ1) is 16.4. The van der Waals surface area contributed by atoms with Crippen LogP contribution in [0.4, 0.5) is 0 Å². The average Bonchev–Trinajstić information content (AvgIpc) is 3.39. The highest BCUT2D eigenvalue weighted by Gasteiger charge is 2.46. The standard InChI is InChI=1S/C25H30N2O6S/c1-5-33-25(30)15-8-10-27(11-9-15)24(29)21-16-13-18(31-3)19(32-4)14-17(16)23(28)26(2)22(21)20-7-6-12-34-20/h6-7,12-15,21-22H,5,8-11H2,1-4H3/t21-,22+/m0/s1. The van der Waals surface area contributed by atoms with Crippen molar-refractivity contribution < 1.29 is 28.6 Å². The lowest BCUT2D eigenvalue weighted by Crippen LogP contribution is -2.49. The predicted molar refractivity (Wildman–Crippen MR) is 127 cm³/mol. The molecular formula is C25H30N2O6S. The Kier molecular flexibility index (Phi) is 7.11. The van der Waals surface area contributed by atoms with Crippen LogP contribution in [0, 0.1) is 5.92 Å². The van der Waals surface area contributed by atoms with E-state index < -0.39 is 12.0 Å². The van der Waals surface area contributed by atoms with Crippen LogP contribution in [0.3, 0.4) is 0 Å². The van der Waals surface area contributed by atoms with Gasteiger partial charge in [-0.05, 0) is 48.9 Å². The van der Waals surface area contributed by atoms with Gasteiger partial charge in [-0.2, -0.15) is 0 Å². The zero-order valence-corrected chi connectivity index (χ0v) is 20.7. The highest BCUT2D eigenvalue weighted by atomic mass is 32.1. The SMILES string of the molecule is CCOC(=O)C1CCN(C(=O)[C@H]2c3cc(OC)c(OC)cc3C(=O)N(C)[C@@H]2c2cccs2)CC1. The van der Waals surface area contributed by atoms with Crippen LogP contribution >= 0.6 is 11.3 Å². The second-order valence-electron chi connectivity index (χ2n) is 8.50. The number of thiophene rings is 1. The number of carbonyl (C=O) groups excluding carboxylic acids is 3. The van der Waals surface area contributed by atoms with Gasteiger partial charge in [0.25, 0.3) is 5.91 Å². The Hall–Kier alpha value is -3.07. The van der Waals surface area contributed by atoms with Gasteiger partial charge in [-0.15, -0.1) is 11.3 Å². The van der Waals surface area contributed by atoms with Gasteiger partial charge in [0.05, 0.1) is 38.7 Å². The summed E-state index contributed by atoms with van der Waals surface area (Å²) < 4.78 is 16.1. The van der Waals surface area contributed by atoms with Crippen molar-refractivity contribution in [2.24, 2.45) is 5.92 Å². The fourth-order valence-electron chi connectivity index (χ4n) is 4.92. The van der Waals surface area contributed by atoms with Crippen LogP contribution in [-0.4, -0.2) is 68.5 Å². The first-order valence-corrected chi connectivity index (χ1v) is 12.3. The fourth-order valence-corrected chi connectivity index (χ4v) is 5.83. The van der Waals surface area contributed by atoms with Crippen molar-refractivity contribution in [2.45, 2.75) is 31.7 Å². The van der Waals surface area contributed by atoms with Crippen LogP contribution in [0.25, 0.3) is 0 Å². The average molecular weight is 487 g/mol. The van der Waals surface area contributed by atoms with E-state index in [9.17, 15) is 14.4 Å². The summed E-state index contributed by atoms with van der Waals surface area (Å²) in [6.45, 7) is 3.08. The van der Waals surface area contributed by atoms with Crippen molar-refractivity contribution in [1.82, 2.24) is 9.80 Å². The summed E-state index contributed by atoms with van der Waals surface area (Å²) in [5.74, 6) is -0.301. The number of hydrogen-bond acceptors (Lipinski definition) is 7. The third-order valence-electron chi connectivity index (χ3n) is 6.70. The number of carbonyl (C=O) groups is 3. The van der Waals surface area contributed by atoms with Gasteiger partial charge >= 0.3 is 5.97 Å². The summed E-state index contributed by atoms with van der Waals surface area (Å²) in [5.41, 5.74) is 1.07. The Labute approximate surface area is 203 Å². The van der Waals surface area contributed by atoms with Crippen LogP contribution in [0.15, 0.2) is 29.6 Å². The Balaban J connectivity index is 1.72. The number of methoxy groups -OCH3 is 2. The predicted octanol–water partition coefficient (Wildman–Crippen LogP) is 3.48. The molecule has 0 radical (unpaired) electrons. The monoisotopic (exact) mass is 486 g/mol. The third-order valence-corrected chi connectivity index (χ3v) is 7.64. The van der Waals surface area contributed by atoms with E-state index in [0.717, 1.165) is 4.88 Å². The summed E-state index contributed by atoms with van der Waals surface area (Å²) >= 11 is 1.52. The van der Waals surface area contributed by atoms with Gasteiger partial charge in [-0.1, -0.05) is 6.07 Å². The highest BCUT2D eigenvalue weighted by molar-refractivity contribution is 7.10. The Morgan fingerprint density at radius 2 is 1.79 bits per heavy atom. The fraction of sp³-hybridized carbons (Fsp3) is 0.480. The van der Waals surface area contributed by atoms with Crippen LogP contribution in [0.1, 0.15) is 52.5 Å². The molecule has 0 unspecified atom stereocenters. The van der Waals surface area contributed by atoms with E-state index in [4.69, 9.17) is 14.2 Å². The number of hydrogen-bond donors (Lipinski definition) is 0. The quantitative estimate of drug-likeness (QED) is 0.582. The van der Waals surface area contributed by atoms with E-state index >= 15 is 0 Å². The third kappa shape index (κ3) is 4.24. The molecule has 0 spiro atoms. The summed E-state index contributed by atoms with van der Waals surface area (Å²) in [4.78, 5) is 44.0. The molecule has 0 N–H and O–H groups in total. The number of amides is 2. The van der Waals surface area contributed by atoms with Gasteiger partial charge in [0.1, 0.15) is 0 Å². The molecule has 1 fully saturated rings. The molecule has 1 saturated heterocycles. The normalized spacial score (nSPS) is 20.6. The molecule has 2 atom stereocenters. The number of benzene rings is 1. The van der Waals surface area contributed by atoms with Gasteiger partial charge in [0.2, 0.25) is 5.91 Å². The molecule has 182 valence electrons. The molecule has 1 aromatic heterocycles. The van der Waals surface area contributed by atoms with Crippen molar-refractivity contribution in [3.63, 3.8) is 0 Å². The molecule has 0 aliphatic carbocycles. The minimum Gasteiger partial charge on any atom is -0.493 e. The molecule has 2 aliphatic rings. The van der Waals surface area contributed by atoms with Gasteiger partial charge < -0.3 is 24.0 Å². The van der Waals surface area contributed by atoms with Gasteiger partial charge in [-0.3, -0.25) is 14.4 Å². The van der Waals surface area contributed by atoms with Crippen LogP contribution < -0.4 is 9.47 Å². The number of likely N-dealkylation sites (N-methyl/N-ethyl adjacent to an activating group) is 1. The minimum absolute atomic E-state index is 0.0615. The van der Waals surface area contributed by atoms with E-state index in [2.05, 4.69) is 0 Å². The van der Waals surface area contributed by atoms with Crippen LogP contribution in [-0.2, 0) is 14.3 Å². The Morgan fingerprint density at radius 1 is 1.12 bits per heavy atom. The summed E-state index contributed by atoms with van der Waals surface area (Å²) in [7, 11) is 4.79. The lowest BCUT2D eigenvalue weighted by molar-refractivity contribution is -0.151. The van der Waals surface area contributed by atoms with E-state index in [1.165, 1.54) is 25.6 Å². The number of fused-ring (bicyclic) bond motifs is 1. The topological polar surface area (TPSA) is 85.4 Å². The number of nitrogens with zero attached hydrogens (tertiary/aromatic N) is 2. The first kappa shape index (κ1) is 24.1. The molecule has 8 nitrogen and oxygen atoms in total. The van der Waals surface area contributed by atoms with E-state index in [1.807, 2.05) is 22.4 Å². The van der Waals surface area contributed by atoms with Crippen molar-refractivity contribution in [1.29, 1.82) is 0 Å². The molecule has 2 amide bonds. The smallest absolute Gasteiger partial charge is 0.309 e. The molecule has 2 aliphatic heterocycles. The molecule has 9 heteroatoms. The number of esters is 1. The van der Waals surface area contributed by atoms with Crippen molar-refractivity contribution in [3.8, 4) is 11.5 Å². The highest BCUT2D eigenvalue weighted by Crippen LogP contribution is 2.47. The van der Waals surface area contributed by atoms with Crippen molar-refractivity contribution in [3.05, 3.63) is 45.6 Å². The van der Waals surface area contributed by atoms with E-state index in [1.54, 1.807) is 31.0 Å². The molecule has 2 aromatic rings. The number of ether oxygens (including phenoxy) is 3. The molecule has 1 aromatic carbocycles. The first-order valence-electron chi connectivity index (χ1n) is 11.4. The van der Waals surface area contributed by atoms with Crippen molar-refractivity contribution in [2.75, 3.05) is 41.0 Å². The summed E-state index contributed by atoms with van der Waals surface area (Å²) in [6.07, 6.45) is 1.13. The lowest BCUT2D eigenvalue weighted by atomic mass is 9.80. The second-order valence-corrected chi connectivity index (χ2v) is 9.48. The largest absolute Gasteiger partial charge is 0.493 e. The van der Waals surface area contributed by atoms with Gasteiger partial charge in [-0.25, -0.2) is 0 Å². The number of likely N-dealkylation sites (tertiary alicyclic amines) is 1. The molecule has 3 heterocycles. The van der Waals surface area contributed by atoms with E-state index in [-0.39, 0.29) is 23.7 Å². The van der Waals surface area contributed by atoms with Crippen molar-refractivity contribution >= 4 is 29.1 Å². The van der Waals surface area contributed by atoms with Crippen LogP contribution in [0.2, 0.25) is 0 Å². The van der Waals surface area contributed by atoms with Gasteiger partial charge in [0, 0.05) is 30.6 Å². The minimum atomic E-state index is -0.602. The Morgan fingerprint density at radius 3 is 2.38 bits per heavy atom. The molecule has 34 heavy (non-hydrogen) atoms. The molecule has 0 saturated carbocycles. The molecular weight excluding hydrogens is 456 g/mol.